The summed E-state index contributed by atoms with van der Waals surface area (Å²) in [5.74, 6) is -1.73. The van der Waals surface area contributed by atoms with Gasteiger partial charge in [-0.3, -0.25) is 19.2 Å². The van der Waals surface area contributed by atoms with Crippen LogP contribution in [0.25, 0.3) is 0 Å². The third kappa shape index (κ3) is 16.6. The van der Waals surface area contributed by atoms with Crippen LogP contribution in [0.4, 0.5) is 4.79 Å². The van der Waals surface area contributed by atoms with Crippen LogP contribution >= 0.6 is 0 Å². The molecule has 1 fully saturated rings. The van der Waals surface area contributed by atoms with Crippen LogP contribution in [-0.2, 0) is 19.2 Å². The predicted molar refractivity (Wildman–Crippen MR) is 164 cm³/mol. The molecule has 41 heavy (non-hydrogen) atoms. The molecule has 0 spiro atoms. The van der Waals surface area contributed by atoms with Gasteiger partial charge >= 0.3 is 6.03 Å². The fourth-order valence-electron chi connectivity index (χ4n) is 4.54. The van der Waals surface area contributed by atoms with Crippen LogP contribution in [0.15, 0.2) is 25.3 Å². The molecule has 1 aliphatic carbocycles. The van der Waals surface area contributed by atoms with E-state index in [-0.39, 0.29) is 30.2 Å². The Labute approximate surface area is 247 Å². The number of rotatable bonds is 18. The second-order valence-electron chi connectivity index (χ2n) is 10.5. The molecule has 0 saturated heterocycles. The van der Waals surface area contributed by atoms with E-state index >= 15 is 0 Å². The van der Waals surface area contributed by atoms with E-state index in [1.807, 2.05) is 6.92 Å². The molecule has 1 rings (SSSR count). The van der Waals surface area contributed by atoms with Crippen LogP contribution in [-0.4, -0.2) is 73.2 Å². The van der Waals surface area contributed by atoms with Crippen molar-refractivity contribution >= 4 is 29.5 Å². The quantitative estimate of drug-likeness (QED) is 0.111. The standard InChI is InChI=1S/C28H47N5O5.C3H8/c1-5-8-17-22(25(35)26(36)30-19-9-6-2)31-23(34)18-13-14-20-33(4)27(37)24(32-28(38)29-7-3)21-15-11-10-12-16-21;1-3-2/h5-6,21-22,24H,1-2,7-20H2,3-4H3,(H,30,36)(H,31,34)(H2,29,32,38);3H2,1-2H3. The Hall–Kier alpha value is -3.17. The van der Waals surface area contributed by atoms with Crippen molar-refractivity contribution < 1.29 is 24.0 Å². The normalized spacial score (nSPS) is 14.2. The van der Waals surface area contributed by atoms with E-state index in [2.05, 4.69) is 48.3 Å². The second-order valence-corrected chi connectivity index (χ2v) is 10.5. The predicted octanol–water partition coefficient (Wildman–Crippen LogP) is 4.01. The van der Waals surface area contributed by atoms with E-state index < -0.39 is 23.8 Å². The number of carbonyl (C=O) groups excluding carboxylic acids is 5. The van der Waals surface area contributed by atoms with Gasteiger partial charge in [-0.15, -0.1) is 13.2 Å². The average Bonchev–Trinajstić information content (AvgIpc) is 2.96. The molecule has 0 aromatic heterocycles. The van der Waals surface area contributed by atoms with Crippen LogP contribution in [0.1, 0.15) is 97.8 Å². The lowest BCUT2D eigenvalue weighted by atomic mass is 9.83. The Bertz CT molecular complexity index is 826. The summed E-state index contributed by atoms with van der Waals surface area (Å²) >= 11 is 0. The van der Waals surface area contributed by atoms with Crippen LogP contribution in [0, 0.1) is 5.92 Å². The zero-order valence-corrected chi connectivity index (χ0v) is 25.9. The molecule has 0 heterocycles. The lowest BCUT2D eigenvalue weighted by Crippen LogP contribution is -2.54. The van der Waals surface area contributed by atoms with Gasteiger partial charge in [0, 0.05) is 33.1 Å². The number of carbonyl (C=O) groups is 5. The van der Waals surface area contributed by atoms with Crippen LogP contribution in [0.2, 0.25) is 0 Å². The summed E-state index contributed by atoms with van der Waals surface area (Å²) in [4.78, 5) is 64.2. The van der Waals surface area contributed by atoms with Gasteiger partial charge in [0.15, 0.2) is 0 Å². The molecule has 2 atom stereocenters. The highest BCUT2D eigenvalue weighted by Crippen LogP contribution is 2.27. The Morgan fingerprint density at radius 1 is 0.902 bits per heavy atom. The lowest BCUT2D eigenvalue weighted by molar-refractivity contribution is -0.140. The number of nitrogens with one attached hydrogen (secondary N) is 4. The van der Waals surface area contributed by atoms with Crippen molar-refractivity contribution in [3.05, 3.63) is 25.3 Å². The molecular weight excluding hydrogens is 522 g/mol. The summed E-state index contributed by atoms with van der Waals surface area (Å²) < 4.78 is 0. The highest BCUT2D eigenvalue weighted by Gasteiger charge is 2.32. The van der Waals surface area contributed by atoms with Gasteiger partial charge < -0.3 is 26.2 Å². The highest BCUT2D eigenvalue weighted by atomic mass is 16.2. The molecule has 1 aliphatic rings. The van der Waals surface area contributed by atoms with E-state index in [0.29, 0.717) is 51.7 Å². The van der Waals surface area contributed by atoms with Crippen molar-refractivity contribution in [2.75, 3.05) is 26.7 Å². The third-order valence-corrected chi connectivity index (χ3v) is 6.70. The first-order valence-corrected chi connectivity index (χ1v) is 15.3. The Kier molecular flexibility index (Phi) is 21.7. The number of hydrogen-bond acceptors (Lipinski definition) is 5. The first-order valence-electron chi connectivity index (χ1n) is 15.3. The Balaban J connectivity index is 0.00000509. The molecule has 4 N–H and O–H groups in total. The minimum absolute atomic E-state index is 0.117. The van der Waals surface area contributed by atoms with Gasteiger partial charge in [-0.2, -0.15) is 0 Å². The van der Waals surface area contributed by atoms with Gasteiger partial charge in [-0.25, -0.2) is 4.79 Å². The van der Waals surface area contributed by atoms with E-state index in [9.17, 15) is 24.0 Å². The summed E-state index contributed by atoms with van der Waals surface area (Å²) in [6.45, 7) is 14.5. The fraction of sp³-hybridized carbons (Fsp3) is 0.710. The van der Waals surface area contributed by atoms with Gasteiger partial charge in [0.2, 0.25) is 17.6 Å². The van der Waals surface area contributed by atoms with Crippen molar-refractivity contribution in [1.82, 2.24) is 26.2 Å². The minimum atomic E-state index is -0.912. The van der Waals surface area contributed by atoms with Crippen molar-refractivity contribution in [3.8, 4) is 0 Å². The van der Waals surface area contributed by atoms with Gasteiger partial charge in [0.25, 0.3) is 5.91 Å². The van der Waals surface area contributed by atoms with E-state index in [4.69, 9.17) is 0 Å². The number of allylic oxidation sites excluding steroid dienone is 1. The monoisotopic (exact) mass is 577 g/mol. The minimum Gasteiger partial charge on any atom is -0.349 e. The van der Waals surface area contributed by atoms with Gasteiger partial charge in [-0.05, 0) is 57.8 Å². The smallest absolute Gasteiger partial charge is 0.315 e. The van der Waals surface area contributed by atoms with E-state index in [1.165, 1.54) is 6.42 Å². The number of nitrogens with zero attached hydrogens (tertiary/aromatic N) is 1. The number of urea groups is 1. The second kappa shape index (κ2) is 23.5. The molecule has 10 heteroatoms. The SMILES string of the molecule is C=CCCNC(=O)C(=O)C(CCC=C)NC(=O)CCCCN(C)C(=O)C(NC(=O)NCC)C1CCCCC1.CCC. The number of Topliss-reactive ketones (excluding diaryl/α,β-unsaturated/α-hetero) is 1. The molecule has 1 saturated carbocycles. The first-order chi connectivity index (χ1) is 19.7. The largest absolute Gasteiger partial charge is 0.349 e. The first kappa shape index (κ1) is 37.8. The number of unbranched alkanes of at least 4 members (excludes halogenated alkanes) is 1. The van der Waals surface area contributed by atoms with Crippen molar-refractivity contribution in [3.63, 3.8) is 0 Å². The van der Waals surface area contributed by atoms with Gasteiger partial charge in [0.1, 0.15) is 6.04 Å². The topological polar surface area (TPSA) is 137 Å². The van der Waals surface area contributed by atoms with Crippen LogP contribution < -0.4 is 21.3 Å². The lowest BCUT2D eigenvalue weighted by Gasteiger charge is -2.32. The molecule has 0 bridgehead atoms. The Morgan fingerprint density at radius 2 is 1.54 bits per heavy atom. The third-order valence-electron chi connectivity index (χ3n) is 6.70. The zero-order valence-electron chi connectivity index (χ0n) is 25.9. The summed E-state index contributed by atoms with van der Waals surface area (Å²) in [5, 5.41) is 10.8. The fourth-order valence-corrected chi connectivity index (χ4v) is 4.54. The maximum absolute atomic E-state index is 13.2. The molecule has 0 radical (unpaired) electrons. The molecule has 5 amide bonds. The Morgan fingerprint density at radius 3 is 2.12 bits per heavy atom. The molecule has 0 aromatic carbocycles. The maximum atomic E-state index is 13.2. The molecule has 10 nitrogen and oxygen atoms in total. The van der Waals surface area contributed by atoms with Crippen LogP contribution in [0.3, 0.4) is 0 Å². The van der Waals surface area contributed by atoms with Crippen LogP contribution in [0.5, 0.6) is 0 Å². The molecule has 0 aliphatic heterocycles. The van der Waals surface area contributed by atoms with E-state index in [0.717, 1.165) is 32.1 Å². The van der Waals surface area contributed by atoms with Gasteiger partial charge in [0.05, 0.1) is 6.04 Å². The summed E-state index contributed by atoms with van der Waals surface area (Å²) in [6, 6.07) is -1.81. The van der Waals surface area contributed by atoms with Gasteiger partial charge in [-0.1, -0.05) is 51.7 Å². The number of likely N-dealkylation sites (N-methyl/N-ethyl adjacent to an activating group) is 1. The number of ketones is 1. The average molecular weight is 578 g/mol. The summed E-state index contributed by atoms with van der Waals surface area (Å²) in [7, 11) is 1.71. The molecule has 0 aromatic rings. The highest BCUT2D eigenvalue weighted by molar-refractivity contribution is 6.38. The van der Waals surface area contributed by atoms with Crippen molar-refractivity contribution in [1.29, 1.82) is 0 Å². The number of hydrogen-bond donors (Lipinski definition) is 4. The van der Waals surface area contributed by atoms with Crippen molar-refractivity contribution in [2.45, 2.75) is 110 Å². The molecule has 234 valence electrons. The number of amides is 5. The zero-order chi connectivity index (χ0) is 31.0. The van der Waals surface area contributed by atoms with Crippen molar-refractivity contribution in [2.24, 2.45) is 5.92 Å². The maximum Gasteiger partial charge on any atom is 0.315 e. The van der Waals surface area contributed by atoms with E-state index in [1.54, 1.807) is 24.1 Å². The summed E-state index contributed by atoms with van der Waals surface area (Å²) in [5.41, 5.74) is 0. The summed E-state index contributed by atoms with van der Waals surface area (Å²) in [6.07, 6.45) is 12.2. The molecular formula is C31H55N5O5. The molecule has 2 unspecified atom stereocenters.